The van der Waals surface area contributed by atoms with Gasteiger partial charge in [-0.15, -0.1) is 11.3 Å². The van der Waals surface area contributed by atoms with Crippen LogP contribution in [0.5, 0.6) is 0 Å². The zero-order valence-corrected chi connectivity index (χ0v) is 15.7. The third kappa shape index (κ3) is 2.37. The van der Waals surface area contributed by atoms with Gasteiger partial charge in [-0.2, -0.15) is 0 Å². The highest BCUT2D eigenvalue weighted by atomic mass is 32.1. The lowest BCUT2D eigenvalue weighted by Gasteiger charge is -2.05. The minimum atomic E-state index is 0.659. The van der Waals surface area contributed by atoms with Crippen molar-refractivity contribution >= 4 is 42.6 Å². The van der Waals surface area contributed by atoms with Crippen LogP contribution in [0.4, 0.5) is 0 Å². The zero-order valence-electron chi connectivity index (χ0n) is 14.9. The second kappa shape index (κ2) is 6.04. The van der Waals surface area contributed by atoms with E-state index in [2.05, 4.69) is 71.7 Å². The number of hydrogen-bond acceptors (Lipinski definition) is 3. The highest BCUT2D eigenvalue weighted by Crippen LogP contribution is 2.40. The Bertz CT molecular complexity index is 1440. The molecule has 2 nitrogen and oxygen atoms in total. The van der Waals surface area contributed by atoms with Gasteiger partial charge in [-0.1, -0.05) is 60.7 Å². The van der Waals surface area contributed by atoms with Crippen LogP contribution in [0.2, 0.25) is 0 Å². The number of nitrogens with zero attached hydrogens (tertiary/aromatic N) is 1. The lowest BCUT2D eigenvalue weighted by atomic mass is 10.0. The van der Waals surface area contributed by atoms with Crippen LogP contribution in [-0.4, -0.2) is 4.98 Å². The fourth-order valence-electron chi connectivity index (χ4n) is 3.79. The lowest BCUT2D eigenvalue weighted by molar-refractivity contribution is 0.620. The maximum absolute atomic E-state index is 5.97. The molecule has 0 spiro atoms. The van der Waals surface area contributed by atoms with Crippen molar-refractivity contribution in [2.24, 2.45) is 0 Å². The number of para-hydroxylation sites is 2. The number of benzene rings is 4. The van der Waals surface area contributed by atoms with Crippen molar-refractivity contribution in [3.63, 3.8) is 0 Å². The Balaban J connectivity index is 1.55. The number of fused-ring (bicyclic) bond motifs is 4. The van der Waals surface area contributed by atoms with Crippen LogP contribution in [-0.2, 0) is 0 Å². The molecular formula is C25H15NOS. The third-order valence-corrected chi connectivity index (χ3v) is 6.34. The van der Waals surface area contributed by atoms with Gasteiger partial charge in [0.05, 0.1) is 0 Å². The third-order valence-electron chi connectivity index (χ3n) is 5.12. The smallest absolute Gasteiger partial charge is 0.227 e. The van der Waals surface area contributed by atoms with Crippen molar-refractivity contribution in [2.75, 3.05) is 0 Å². The summed E-state index contributed by atoms with van der Waals surface area (Å²) >= 11 is 1.85. The molecule has 4 aromatic carbocycles. The standard InChI is InChI=1S/C25H15NOS/c1-4-14-23-19(9-1)20-11-6-10-18(24(20)28-23)16-7-5-8-17(15-16)25-26-21-12-2-3-13-22(21)27-25/h1-15H. The van der Waals surface area contributed by atoms with E-state index in [1.54, 1.807) is 0 Å². The monoisotopic (exact) mass is 377 g/mol. The van der Waals surface area contributed by atoms with E-state index in [9.17, 15) is 0 Å². The molecule has 28 heavy (non-hydrogen) atoms. The molecule has 0 atom stereocenters. The normalized spacial score (nSPS) is 11.6. The van der Waals surface area contributed by atoms with Crippen LogP contribution in [0.25, 0.3) is 53.9 Å². The van der Waals surface area contributed by atoms with E-state index in [0.717, 1.165) is 16.7 Å². The van der Waals surface area contributed by atoms with E-state index in [1.165, 1.54) is 31.3 Å². The van der Waals surface area contributed by atoms with Crippen LogP contribution in [0.3, 0.4) is 0 Å². The van der Waals surface area contributed by atoms with Gasteiger partial charge in [0, 0.05) is 25.7 Å². The first kappa shape index (κ1) is 15.6. The maximum atomic E-state index is 5.97. The first-order valence-corrected chi connectivity index (χ1v) is 10.1. The second-order valence-electron chi connectivity index (χ2n) is 6.85. The van der Waals surface area contributed by atoms with Crippen molar-refractivity contribution < 1.29 is 4.42 Å². The highest BCUT2D eigenvalue weighted by Gasteiger charge is 2.12. The first-order chi connectivity index (χ1) is 13.9. The Kier molecular flexibility index (Phi) is 3.37. The van der Waals surface area contributed by atoms with Crippen LogP contribution < -0.4 is 0 Å². The van der Waals surface area contributed by atoms with Gasteiger partial charge in [0.15, 0.2) is 5.58 Å². The summed E-state index contributed by atoms with van der Waals surface area (Å²) in [6.45, 7) is 0. The van der Waals surface area contributed by atoms with Gasteiger partial charge in [0.1, 0.15) is 5.52 Å². The molecule has 0 saturated heterocycles. The summed E-state index contributed by atoms with van der Waals surface area (Å²) in [4.78, 5) is 4.65. The van der Waals surface area contributed by atoms with Crippen LogP contribution in [0.1, 0.15) is 0 Å². The van der Waals surface area contributed by atoms with Crippen molar-refractivity contribution in [1.29, 1.82) is 0 Å². The average molecular weight is 377 g/mol. The largest absolute Gasteiger partial charge is 0.436 e. The Hall–Kier alpha value is -3.43. The number of rotatable bonds is 2. The van der Waals surface area contributed by atoms with Gasteiger partial charge in [-0.05, 0) is 41.5 Å². The number of oxazole rings is 1. The zero-order chi connectivity index (χ0) is 18.5. The molecule has 0 aliphatic carbocycles. The summed E-state index contributed by atoms with van der Waals surface area (Å²) in [5.41, 5.74) is 5.12. The van der Waals surface area contributed by atoms with Crippen LogP contribution >= 0.6 is 11.3 Å². The molecule has 0 bridgehead atoms. The Labute approximate surface area is 165 Å². The molecule has 0 amide bonds. The molecule has 3 heteroatoms. The van der Waals surface area contributed by atoms with E-state index in [1.807, 2.05) is 35.6 Å². The van der Waals surface area contributed by atoms with E-state index in [0.29, 0.717) is 5.89 Å². The number of thiophene rings is 1. The fraction of sp³-hybridized carbons (Fsp3) is 0. The van der Waals surface area contributed by atoms with Crippen molar-refractivity contribution in [1.82, 2.24) is 4.98 Å². The summed E-state index contributed by atoms with van der Waals surface area (Å²) in [6.07, 6.45) is 0. The molecule has 0 aliphatic heterocycles. The summed E-state index contributed by atoms with van der Waals surface area (Å²) in [6, 6.07) is 31.5. The van der Waals surface area contributed by atoms with Gasteiger partial charge in [0.2, 0.25) is 5.89 Å². The maximum Gasteiger partial charge on any atom is 0.227 e. The fourth-order valence-corrected chi connectivity index (χ4v) is 5.03. The van der Waals surface area contributed by atoms with Crippen molar-refractivity contribution in [3.8, 4) is 22.6 Å². The van der Waals surface area contributed by atoms with Gasteiger partial charge >= 0.3 is 0 Å². The molecule has 2 heterocycles. The van der Waals surface area contributed by atoms with Gasteiger partial charge in [-0.3, -0.25) is 0 Å². The molecule has 0 unspecified atom stereocenters. The van der Waals surface area contributed by atoms with Gasteiger partial charge in [0.25, 0.3) is 0 Å². The predicted octanol–water partition coefficient (Wildman–Crippen LogP) is 7.53. The first-order valence-electron chi connectivity index (χ1n) is 9.23. The quantitative estimate of drug-likeness (QED) is 0.312. The molecule has 132 valence electrons. The summed E-state index contributed by atoms with van der Waals surface area (Å²) < 4.78 is 8.61. The number of aromatic nitrogens is 1. The minimum absolute atomic E-state index is 0.659. The SMILES string of the molecule is c1cc(-c2nc3ccccc3o2)cc(-c2cccc3c2sc2ccccc23)c1. The molecule has 2 aromatic heterocycles. The van der Waals surface area contributed by atoms with Gasteiger partial charge in [-0.25, -0.2) is 4.98 Å². The molecule has 0 aliphatic rings. The molecule has 6 rings (SSSR count). The van der Waals surface area contributed by atoms with Gasteiger partial charge < -0.3 is 4.42 Å². The molecule has 0 fully saturated rings. The van der Waals surface area contributed by atoms with E-state index >= 15 is 0 Å². The summed E-state index contributed by atoms with van der Waals surface area (Å²) in [5, 5.41) is 2.63. The molecule has 0 saturated carbocycles. The average Bonchev–Trinajstić information content (AvgIpc) is 3.35. The Morgan fingerprint density at radius 2 is 1.46 bits per heavy atom. The Morgan fingerprint density at radius 1 is 0.679 bits per heavy atom. The molecular weight excluding hydrogens is 362 g/mol. The summed E-state index contributed by atoms with van der Waals surface area (Å²) in [5.74, 6) is 0.659. The minimum Gasteiger partial charge on any atom is -0.436 e. The van der Waals surface area contributed by atoms with E-state index in [4.69, 9.17) is 4.42 Å². The van der Waals surface area contributed by atoms with Crippen LogP contribution in [0.15, 0.2) is 95.4 Å². The topological polar surface area (TPSA) is 26.0 Å². The van der Waals surface area contributed by atoms with Crippen LogP contribution in [0, 0.1) is 0 Å². The summed E-state index contributed by atoms with van der Waals surface area (Å²) in [7, 11) is 0. The highest BCUT2D eigenvalue weighted by molar-refractivity contribution is 7.26. The number of hydrogen-bond donors (Lipinski definition) is 0. The van der Waals surface area contributed by atoms with Crippen molar-refractivity contribution in [3.05, 3.63) is 91.0 Å². The van der Waals surface area contributed by atoms with Crippen molar-refractivity contribution in [2.45, 2.75) is 0 Å². The lowest BCUT2D eigenvalue weighted by Crippen LogP contribution is -1.82. The molecule has 0 N–H and O–H groups in total. The predicted molar refractivity (Wildman–Crippen MR) is 118 cm³/mol. The van der Waals surface area contributed by atoms with E-state index < -0.39 is 0 Å². The molecule has 0 radical (unpaired) electrons. The second-order valence-corrected chi connectivity index (χ2v) is 7.90. The molecule has 6 aromatic rings. The Morgan fingerprint density at radius 3 is 2.43 bits per heavy atom. The van der Waals surface area contributed by atoms with E-state index in [-0.39, 0.29) is 0 Å².